The molecule has 0 bridgehead atoms. The maximum Gasteiger partial charge on any atom is 0.416 e. The van der Waals surface area contributed by atoms with Crippen LogP contribution < -0.4 is 11.0 Å². The van der Waals surface area contributed by atoms with Crippen molar-refractivity contribution in [2.75, 3.05) is 13.2 Å². The number of Topliss-reactive ketones (excluding diaryl/α,β-unsaturated/α-hetero) is 1. The Morgan fingerprint density at radius 3 is 2.15 bits per heavy atom. The van der Waals surface area contributed by atoms with Gasteiger partial charge in [-0.3, -0.25) is 9.36 Å². The molecule has 1 saturated heterocycles. The smallest absolute Gasteiger partial charge is 0.372 e. The number of hydrogen-bond acceptors (Lipinski definition) is 5. The van der Waals surface area contributed by atoms with Crippen LogP contribution in [-0.2, 0) is 33.0 Å². The number of nitrogens with zero attached hydrogens (tertiary/aromatic N) is 2. The van der Waals surface area contributed by atoms with Crippen LogP contribution in [-0.4, -0.2) is 33.7 Å². The van der Waals surface area contributed by atoms with E-state index in [0.717, 1.165) is 5.56 Å². The molecule has 3 aromatic rings. The molecule has 0 spiro atoms. The molecule has 0 radical (unpaired) electrons. The lowest BCUT2D eigenvalue weighted by molar-refractivity contribution is -0.143. The summed E-state index contributed by atoms with van der Waals surface area (Å²) in [6, 6.07) is 10.4. The predicted molar refractivity (Wildman–Crippen MR) is 132 cm³/mol. The SMILES string of the molecule is CC(=O)CC1(n2cn[nH]c2=O)CC[C@@](CO[C@H](C)c2cc(C(F)(F)F)cc(C(F)(F)F)c2)(c2ccccc2)NC1. The van der Waals surface area contributed by atoms with Gasteiger partial charge in [0.05, 0.1) is 34.9 Å². The van der Waals surface area contributed by atoms with Crippen molar-refractivity contribution in [1.82, 2.24) is 20.1 Å². The van der Waals surface area contributed by atoms with Crippen LogP contribution in [0.25, 0.3) is 0 Å². The predicted octanol–water partition coefficient (Wildman–Crippen LogP) is 5.34. The Balaban J connectivity index is 1.64. The van der Waals surface area contributed by atoms with Crippen molar-refractivity contribution < 1.29 is 35.9 Å². The molecule has 13 heteroatoms. The minimum absolute atomic E-state index is 0.0476. The molecule has 1 aromatic heterocycles. The Hall–Kier alpha value is -3.45. The first-order valence-corrected chi connectivity index (χ1v) is 12.5. The number of aromatic nitrogens is 3. The molecular formula is C27H28F6N4O3. The maximum atomic E-state index is 13.4. The fourth-order valence-corrected chi connectivity index (χ4v) is 5.23. The molecule has 1 fully saturated rings. The van der Waals surface area contributed by atoms with Gasteiger partial charge in [0.1, 0.15) is 12.1 Å². The van der Waals surface area contributed by atoms with Crippen molar-refractivity contribution in [2.24, 2.45) is 0 Å². The second-order valence-electron chi connectivity index (χ2n) is 10.2. The van der Waals surface area contributed by atoms with E-state index in [1.165, 1.54) is 24.7 Å². The van der Waals surface area contributed by atoms with Crippen LogP contribution in [0, 0.1) is 0 Å². The highest BCUT2D eigenvalue weighted by molar-refractivity contribution is 5.76. The quantitative estimate of drug-likeness (QED) is 0.357. The Labute approximate surface area is 225 Å². The van der Waals surface area contributed by atoms with Crippen LogP contribution in [0.5, 0.6) is 0 Å². The van der Waals surface area contributed by atoms with E-state index in [1.807, 2.05) is 12.1 Å². The topological polar surface area (TPSA) is 89.0 Å². The van der Waals surface area contributed by atoms with Crippen molar-refractivity contribution in [3.63, 3.8) is 0 Å². The minimum atomic E-state index is -4.98. The second-order valence-corrected chi connectivity index (χ2v) is 10.2. The van der Waals surface area contributed by atoms with Crippen LogP contribution in [0.3, 0.4) is 0 Å². The molecular weight excluding hydrogens is 542 g/mol. The lowest BCUT2D eigenvalue weighted by Gasteiger charge is -2.47. The van der Waals surface area contributed by atoms with Crippen LogP contribution in [0.15, 0.2) is 59.7 Å². The molecule has 0 amide bonds. The Morgan fingerprint density at radius 1 is 1.05 bits per heavy atom. The lowest BCUT2D eigenvalue weighted by atomic mass is 9.74. The van der Waals surface area contributed by atoms with Gasteiger partial charge in [0.2, 0.25) is 0 Å². The highest BCUT2D eigenvalue weighted by Crippen LogP contribution is 2.41. The van der Waals surface area contributed by atoms with Gasteiger partial charge in [0.15, 0.2) is 0 Å². The van der Waals surface area contributed by atoms with E-state index in [9.17, 15) is 35.9 Å². The fraction of sp³-hybridized carbons (Fsp3) is 0.444. The number of piperidine rings is 1. The zero-order valence-electron chi connectivity index (χ0n) is 21.7. The summed E-state index contributed by atoms with van der Waals surface area (Å²) in [7, 11) is 0. The number of benzene rings is 2. The van der Waals surface area contributed by atoms with Crippen molar-refractivity contribution in [3.8, 4) is 0 Å². The van der Waals surface area contributed by atoms with E-state index in [-0.39, 0.29) is 37.0 Å². The monoisotopic (exact) mass is 570 g/mol. The van der Waals surface area contributed by atoms with Crippen molar-refractivity contribution in [1.29, 1.82) is 0 Å². The summed E-state index contributed by atoms with van der Waals surface area (Å²) >= 11 is 0. The third kappa shape index (κ3) is 6.15. The molecule has 2 heterocycles. The Morgan fingerprint density at radius 2 is 1.68 bits per heavy atom. The third-order valence-electron chi connectivity index (χ3n) is 7.40. The number of halogens is 6. The zero-order chi connectivity index (χ0) is 29.3. The lowest BCUT2D eigenvalue weighted by Crippen LogP contribution is -2.60. The van der Waals surface area contributed by atoms with Crippen molar-refractivity contribution in [2.45, 2.75) is 62.6 Å². The molecule has 7 nitrogen and oxygen atoms in total. The number of nitrogens with one attached hydrogen (secondary N) is 2. The Bertz CT molecular complexity index is 1360. The van der Waals surface area contributed by atoms with E-state index >= 15 is 0 Å². The summed E-state index contributed by atoms with van der Waals surface area (Å²) < 4.78 is 87.7. The van der Waals surface area contributed by atoms with Crippen LogP contribution in [0.2, 0.25) is 0 Å². The molecule has 4 rings (SSSR count). The summed E-state index contributed by atoms with van der Waals surface area (Å²) in [5.74, 6) is -0.142. The normalized spacial score (nSPS) is 22.7. The molecule has 1 unspecified atom stereocenters. The van der Waals surface area contributed by atoms with Crippen molar-refractivity contribution in [3.05, 3.63) is 87.6 Å². The number of hydrogen-bond donors (Lipinski definition) is 2. The van der Waals surface area contributed by atoms with E-state index < -0.39 is 46.4 Å². The van der Waals surface area contributed by atoms with Crippen molar-refractivity contribution >= 4 is 5.78 Å². The number of alkyl halides is 6. The van der Waals surface area contributed by atoms with E-state index in [4.69, 9.17) is 4.74 Å². The van der Waals surface area contributed by atoms with Crippen LogP contribution >= 0.6 is 0 Å². The number of ether oxygens (including phenoxy) is 1. The van der Waals surface area contributed by atoms with Gasteiger partial charge >= 0.3 is 18.0 Å². The summed E-state index contributed by atoms with van der Waals surface area (Å²) in [5, 5.41) is 9.53. The molecule has 216 valence electrons. The largest absolute Gasteiger partial charge is 0.416 e. The molecule has 1 aliphatic heterocycles. The first-order valence-electron chi connectivity index (χ1n) is 12.5. The fourth-order valence-electron chi connectivity index (χ4n) is 5.23. The second kappa shape index (κ2) is 10.8. The number of carbonyl (C=O) groups excluding carboxylic acids is 1. The van der Waals surface area contributed by atoms with Gasteiger partial charge in [-0.1, -0.05) is 30.3 Å². The van der Waals surface area contributed by atoms with Gasteiger partial charge in [-0.2, -0.15) is 31.4 Å². The highest BCUT2D eigenvalue weighted by atomic mass is 19.4. The van der Waals surface area contributed by atoms with Gasteiger partial charge in [-0.25, -0.2) is 9.89 Å². The average Bonchev–Trinajstić information content (AvgIpc) is 3.33. The number of carbonyl (C=O) groups is 1. The third-order valence-corrected chi connectivity index (χ3v) is 7.40. The van der Waals surface area contributed by atoms with Gasteiger partial charge in [-0.15, -0.1) is 0 Å². The van der Waals surface area contributed by atoms with Gasteiger partial charge in [-0.05, 0) is 56.0 Å². The standard InChI is InChI=1S/C27H28F6N4O3/c1-17(38)13-24(37-16-35-36-23(37)39)8-9-25(34-14-24,20-6-4-3-5-7-20)15-40-18(2)19-10-21(26(28,29)30)12-22(11-19)27(31,32)33/h3-7,10-12,16,18,34H,8-9,13-15H2,1-2H3,(H,36,39)/t18-,24?,25-/m1/s1. The van der Waals surface area contributed by atoms with Gasteiger partial charge in [0.25, 0.3) is 0 Å². The molecule has 2 aromatic carbocycles. The first-order chi connectivity index (χ1) is 18.7. The van der Waals surface area contributed by atoms with E-state index in [1.54, 1.807) is 18.2 Å². The molecule has 0 aliphatic carbocycles. The minimum Gasteiger partial charge on any atom is -0.372 e. The van der Waals surface area contributed by atoms with Gasteiger partial charge in [0, 0.05) is 13.0 Å². The van der Waals surface area contributed by atoms with E-state index in [0.29, 0.717) is 25.0 Å². The highest BCUT2D eigenvalue weighted by Gasteiger charge is 2.46. The Kier molecular flexibility index (Phi) is 8.01. The summed E-state index contributed by atoms with van der Waals surface area (Å²) in [6.45, 7) is 2.86. The molecule has 2 N–H and O–H groups in total. The summed E-state index contributed by atoms with van der Waals surface area (Å²) in [6.07, 6.45) is -9.02. The number of rotatable bonds is 8. The molecule has 1 aliphatic rings. The first kappa shape index (κ1) is 29.5. The van der Waals surface area contributed by atoms with Gasteiger partial charge < -0.3 is 10.1 Å². The summed E-state index contributed by atoms with van der Waals surface area (Å²) in [5.41, 5.74) is -4.64. The van der Waals surface area contributed by atoms with Crippen LogP contribution in [0.1, 0.15) is 61.5 Å². The maximum absolute atomic E-state index is 13.4. The zero-order valence-corrected chi connectivity index (χ0v) is 21.7. The molecule has 40 heavy (non-hydrogen) atoms. The number of ketones is 1. The van der Waals surface area contributed by atoms with Crippen LogP contribution in [0.4, 0.5) is 26.3 Å². The molecule has 0 saturated carbocycles. The van der Waals surface area contributed by atoms with E-state index in [2.05, 4.69) is 15.5 Å². The molecule has 3 atom stereocenters. The number of aromatic amines is 1. The number of H-pyrrole nitrogens is 1. The summed E-state index contributed by atoms with van der Waals surface area (Å²) in [4.78, 5) is 24.6. The average molecular weight is 571 g/mol.